The third-order valence-corrected chi connectivity index (χ3v) is 6.91. The van der Waals surface area contributed by atoms with Gasteiger partial charge in [0, 0.05) is 30.7 Å². The predicted octanol–water partition coefficient (Wildman–Crippen LogP) is 4.31. The Labute approximate surface area is 189 Å². The number of nitrogens with zero attached hydrogens (tertiary/aromatic N) is 5. The molecule has 0 bridgehead atoms. The lowest BCUT2D eigenvalue weighted by Crippen LogP contribution is -2.15. The van der Waals surface area contributed by atoms with Gasteiger partial charge in [0.05, 0.1) is 17.1 Å². The summed E-state index contributed by atoms with van der Waals surface area (Å²) in [5.41, 5.74) is 5.44. The lowest BCUT2D eigenvalue weighted by molar-refractivity contribution is -0.113. The smallest absolute Gasteiger partial charge is 0.236 e. The number of anilines is 1. The molecule has 0 aliphatic rings. The van der Waals surface area contributed by atoms with E-state index in [4.69, 9.17) is 0 Å². The number of carbonyl (C=O) groups is 1. The minimum atomic E-state index is -0.112. The summed E-state index contributed by atoms with van der Waals surface area (Å²) in [7, 11) is 2.02. The van der Waals surface area contributed by atoms with Crippen LogP contribution in [0.1, 0.15) is 28.3 Å². The van der Waals surface area contributed by atoms with Crippen LogP contribution < -0.4 is 5.32 Å². The molecule has 0 radical (unpaired) electrons. The van der Waals surface area contributed by atoms with Crippen molar-refractivity contribution in [3.05, 3.63) is 70.2 Å². The maximum atomic E-state index is 12.4. The largest absolute Gasteiger partial charge is 0.354 e. The third-order valence-electron chi connectivity index (χ3n) is 5.11. The summed E-state index contributed by atoms with van der Waals surface area (Å²) in [4.78, 5) is 16.7. The average molecular weight is 453 g/mol. The predicted molar refractivity (Wildman–Crippen MR) is 125 cm³/mol. The van der Waals surface area contributed by atoms with Gasteiger partial charge in [-0.05, 0) is 50.1 Å². The summed E-state index contributed by atoms with van der Waals surface area (Å²) < 4.78 is 4.15. The van der Waals surface area contributed by atoms with E-state index >= 15 is 0 Å². The van der Waals surface area contributed by atoms with Crippen LogP contribution >= 0.6 is 23.1 Å². The first-order chi connectivity index (χ1) is 14.9. The molecule has 1 aromatic carbocycles. The van der Waals surface area contributed by atoms with Crippen molar-refractivity contribution in [2.45, 2.75) is 32.3 Å². The molecule has 0 saturated heterocycles. The number of thiazole rings is 1. The zero-order valence-electron chi connectivity index (χ0n) is 17.9. The molecule has 1 amide bonds. The van der Waals surface area contributed by atoms with Gasteiger partial charge in [-0.3, -0.25) is 9.36 Å². The van der Waals surface area contributed by atoms with Gasteiger partial charge in [0.1, 0.15) is 5.82 Å². The van der Waals surface area contributed by atoms with Gasteiger partial charge in [-0.1, -0.05) is 23.9 Å². The third kappa shape index (κ3) is 4.72. The molecule has 3 heterocycles. The van der Waals surface area contributed by atoms with Gasteiger partial charge in [0.25, 0.3) is 0 Å². The number of rotatable bonds is 7. The van der Waals surface area contributed by atoms with E-state index < -0.39 is 0 Å². The van der Waals surface area contributed by atoms with E-state index in [0.717, 1.165) is 22.9 Å². The second kappa shape index (κ2) is 9.07. The quantitative estimate of drug-likeness (QED) is 0.423. The fraction of sp³-hybridized carbons (Fsp3) is 0.273. The molecule has 0 atom stereocenters. The number of thioether (sulfide) groups is 1. The zero-order chi connectivity index (χ0) is 22.0. The number of amides is 1. The lowest BCUT2D eigenvalue weighted by atomic mass is 10.1. The summed E-state index contributed by atoms with van der Waals surface area (Å²) in [6.07, 6.45) is 2.67. The molecule has 0 spiro atoms. The van der Waals surface area contributed by atoms with Crippen LogP contribution in [0.4, 0.5) is 5.13 Å². The molecule has 160 valence electrons. The highest BCUT2D eigenvalue weighted by molar-refractivity contribution is 7.99. The van der Waals surface area contributed by atoms with Crippen molar-refractivity contribution in [1.82, 2.24) is 24.3 Å². The van der Waals surface area contributed by atoms with Crippen molar-refractivity contribution in [2.24, 2.45) is 7.05 Å². The summed E-state index contributed by atoms with van der Waals surface area (Å²) in [5.74, 6) is 0.957. The molecule has 7 nitrogen and oxygen atoms in total. The summed E-state index contributed by atoms with van der Waals surface area (Å²) >= 11 is 2.80. The Morgan fingerprint density at radius 1 is 1.16 bits per heavy atom. The molecule has 0 fully saturated rings. The number of hydrogen-bond donors (Lipinski definition) is 1. The zero-order valence-corrected chi connectivity index (χ0v) is 19.5. The van der Waals surface area contributed by atoms with Gasteiger partial charge in [-0.2, -0.15) is 0 Å². The summed E-state index contributed by atoms with van der Waals surface area (Å²) in [6.45, 7) is 6.10. The molecule has 0 saturated carbocycles. The molecular weight excluding hydrogens is 428 g/mol. The first-order valence-corrected chi connectivity index (χ1v) is 11.7. The Balaban J connectivity index is 1.61. The number of aryl methyl sites for hydroxylation is 3. The summed E-state index contributed by atoms with van der Waals surface area (Å²) in [5, 5.41) is 15.0. The monoisotopic (exact) mass is 452 g/mol. The Bertz CT molecular complexity index is 1220. The van der Waals surface area contributed by atoms with Gasteiger partial charge in [0.2, 0.25) is 5.91 Å². The highest BCUT2D eigenvalue weighted by Crippen LogP contribution is 2.27. The van der Waals surface area contributed by atoms with Crippen molar-refractivity contribution in [1.29, 1.82) is 0 Å². The van der Waals surface area contributed by atoms with E-state index in [1.54, 1.807) is 0 Å². The van der Waals surface area contributed by atoms with E-state index in [2.05, 4.69) is 61.7 Å². The van der Waals surface area contributed by atoms with Crippen LogP contribution in [0.3, 0.4) is 0 Å². The topological polar surface area (TPSA) is 77.6 Å². The molecule has 3 aromatic heterocycles. The van der Waals surface area contributed by atoms with Gasteiger partial charge >= 0.3 is 0 Å². The van der Waals surface area contributed by atoms with Gasteiger partial charge in [-0.25, -0.2) is 4.98 Å². The maximum Gasteiger partial charge on any atom is 0.236 e. The average Bonchev–Trinajstić information content (AvgIpc) is 3.44. The Morgan fingerprint density at radius 2 is 2.00 bits per heavy atom. The van der Waals surface area contributed by atoms with E-state index in [1.807, 2.05) is 37.7 Å². The molecule has 31 heavy (non-hydrogen) atoms. The lowest BCUT2D eigenvalue weighted by Gasteiger charge is -2.14. The Hall–Kier alpha value is -2.91. The molecule has 9 heteroatoms. The van der Waals surface area contributed by atoms with Crippen LogP contribution in [0.5, 0.6) is 0 Å². The van der Waals surface area contributed by atoms with Crippen LogP contribution in [0.15, 0.2) is 47.1 Å². The number of benzene rings is 1. The van der Waals surface area contributed by atoms with Crippen molar-refractivity contribution >= 4 is 34.1 Å². The normalized spacial score (nSPS) is 11.1. The van der Waals surface area contributed by atoms with Crippen molar-refractivity contribution in [3.63, 3.8) is 0 Å². The van der Waals surface area contributed by atoms with Crippen molar-refractivity contribution < 1.29 is 4.79 Å². The second-order valence-electron chi connectivity index (χ2n) is 7.37. The van der Waals surface area contributed by atoms with Crippen LogP contribution in [-0.2, 0) is 18.3 Å². The van der Waals surface area contributed by atoms with E-state index in [9.17, 15) is 4.79 Å². The number of aromatic nitrogens is 5. The molecule has 0 aliphatic heterocycles. The minimum absolute atomic E-state index is 0.112. The molecule has 4 aromatic rings. The Kier molecular flexibility index (Phi) is 6.24. The van der Waals surface area contributed by atoms with Crippen molar-refractivity contribution in [2.75, 3.05) is 11.1 Å². The van der Waals surface area contributed by atoms with Crippen LogP contribution in [0.25, 0.3) is 5.69 Å². The van der Waals surface area contributed by atoms with E-state index in [0.29, 0.717) is 16.7 Å². The van der Waals surface area contributed by atoms with Crippen LogP contribution in [0.2, 0.25) is 0 Å². The van der Waals surface area contributed by atoms with Gasteiger partial charge in [0.15, 0.2) is 10.3 Å². The molecule has 4 rings (SSSR count). The standard InChI is InChI=1S/C22H24N6OS2/c1-14-7-5-9-18(16(14)3)28-19(11-17-8-6-10-27(17)4)25-26-22(28)31-13-20(29)24-21-23-15(2)12-30-21/h5-10,12H,11,13H2,1-4H3,(H,23,24,29). The minimum Gasteiger partial charge on any atom is -0.354 e. The van der Waals surface area contributed by atoms with E-state index in [1.165, 1.54) is 34.2 Å². The second-order valence-corrected chi connectivity index (χ2v) is 9.17. The fourth-order valence-electron chi connectivity index (χ4n) is 3.27. The molecule has 0 aliphatic carbocycles. The number of carbonyl (C=O) groups excluding carboxylic acids is 1. The van der Waals surface area contributed by atoms with Crippen LogP contribution in [-0.4, -0.2) is 36.0 Å². The van der Waals surface area contributed by atoms with E-state index in [-0.39, 0.29) is 11.7 Å². The first-order valence-electron chi connectivity index (χ1n) is 9.88. The molecular formula is C22H24N6OS2. The Morgan fingerprint density at radius 3 is 2.71 bits per heavy atom. The highest BCUT2D eigenvalue weighted by atomic mass is 32.2. The van der Waals surface area contributed by atoms with Crippen molar-refractivity contribution in [3.8, 4) is 5.69 Å². The molecule has 0 unspecified atom stereocenters. The molecule has 1 N–H and O–H groups in total. The summed E-state index contributed by atoms with van der Waals surface area (Å²) in [6, 6.07) is 10.3. The highest BCUT2D eigenvalue weighted by Gasteiger charge is 2.19. The SMILES string of the molecule is Cc1csc(NC(=O)CSc2nnc(Cc3cccn3C)n2-c2cccc(C)c2C)n1. The fourth-order valence-corrected chi connectivity index (χ4v) is 4.74. The van der Waals surface area contributed by atoms with Gasteiger partial charge < -0.3 is 9.88 Å². The number of hydrogen-bond acceptors (Lipinski definition) is 6. The maximum absolute atomic E-state index is 12.4. The van der Waals surface area contributed by atoms with Gasteiger partial charge in [-0.15, -0.1) is 21.5 Å². The first kappa shape index (κ1) is 21.3. The van der Waals surface area contributed by atoms with Crippen LogP contribution in [0, 0.1) is 20.8 Å². The number of nitrogens with one attached hydrogen (secondary N) is 1.